The number of aryl methyl sites for hydroxylation is 1. The van der Waals surface area contributed by atoms with Crippen molar-refractivity contribution < 1.29 is 9.60 Å². The van der Waals surface area contributed by atoms with Crippen molar-refractivity contribution in [3.05, 3.63) is 35.1 Å². The molecular weight excluding hydrogens is 145 g/mol. The Kier molecular flexibility index (Phi) is 2.57. The monoisotopic (exact) mass is 155 g/mol. The topological polar surface area (TPSA) is 32.3 Å². The van der Waals surface area contributed by atoms with E-state index in [4.69, 9.17) is 5.21 Å². The number of hydrogen-bond acceptors (Lipinski definition) is 2. The highest BCUT2D eigenvalue weighted by molar-refractivity contribution is 5.23. The predicted octanol–water partition coefficient (Wildman–Crippen LogP) is 1.61. The van der Waals surface area contributed by atoms with Crippen molar-refractivity contribution in [3.63, 3.8) is 0 Å². The molecule has 11 heavy (non-hydrogen) atoms. The summed E-state index contributed by atoms with van der Waals surface area (Å²) in [6.45, 7) is 2.02. The van der Waals surface area contributed by atoms with Crippen LogP contribution in [0.5, 0.6) is 0 Å². The molecule has 2 nitrogen and oxygen atoms in total. The molecule has 60 valence electrons. The molecule has 3 heteroatoms. The second-order valence-electron chi connectivity index (χ2n) is 2.43. The lowest BCUT2D eigenvalue weighted by molar-refractivity contribution is 0.160. The molecule has 0 atom stereocenters. The fourth-order valence-corrected chi connectivity index (χ4v) is 0.924. The average Bonchev–Trinajstić information content (AvgIpc) is 1.98. The molecular formula is C8H10FNO. The highest BCUT2D eigenvalue weighted by Gasteiger charge is 1.99. The van der Waals surface area contributed by atoms with Crippen LogP contribution in [0.2, 0.25) is 0 Å². The summed E-state index contributed by atoms with van der Waals surface area (Å²) in [5.41, 5.74) is 3.37. The predicted molar refractivity (Wildman–Crippen MR) is 39.8 cm³/mol. The molecule has 0 aliphatic carbocycles. The largest absolute Gasteiger partial charge is 0.316 e. The van der Waals surface area contributed by atoms with Gasteiger partial charge in [0, 0.05) is 12.1 Å². The standard InChI is InChI=1S/C8H10FNO/c1-6-2-3-8(9)7(4-6)5-10-11/h2-4,10-11H,5H2,1H3. The number of benzene rings is 1. The fraction of sp³-hybridized carbons (Fsp3) is 0.250. The quantitative estimate of drug-likeness (QED) is 0.636. The second-order valence-corrected chi connectivity index (χ2v) is 2.43. The minimum Gasteiger partial charge on any atom is -0.316 e. The van der Waals surface area contributed by atoms with Gasteiger partial charge in [0.05, 0.1) is 0 Å². The highest BCUT2D eigenvalue weighted by atomic mass is 19.1. The number of hydrogen-bond donors (Lipinski definition) is 2. The first-order valence-electron chi connectivity index (χ1n) is 3.36. The van der Waals surface area contributed by atoms with E-state index < -0.39 is 0 Å². The molecule has 0 saturated carbocycles. The van der Waals surface area contributed by atoms with Crippen LogP contribution in [0.3, 0.4) is 0 Å². The van der Waals surface area contributed by atoms with Crippen molar-refractivity contribution in [1.29, 1.82) is 0 Å². The van der Waals surface area contributed by atoms with Gasteiger partial charge >= 0.3 is 0 Å². The molecule has 0 amide bonds. The third-order valence-corrected chi connectivity index (χ3v) is 1.47. The zero-order valence-electron chi connectivity index (χ0n) is 6.26. The Bertz CT molecular complexity index is 250. The number of rotatable bonds is 2. The van der Waals surface area contributed by atoms with Crippen molar-refractivity contribution in [3.8, 4) is 0 Å². The van der Waals surface area contributed by atoms with Crippen LogP contribution >= 0.6 is 0 Å². The first-order chi connectivity index (χ1) is 5.24. The van der Waals surface area contributed by atoms with Gasteiger partial charge in [-0.15, -0.1) is 0 Å². The van der Waals surface area contributed by atoms with E-state index in [1.165, 1.54) is 6.07 Å². The van der Waals surface area contributed by atoms with E-state index in [0.29, 0.717) is 5.56 Å². The Morgan fingerprint density at radius 2 is 2.27 bits per heavy atom. The maximum Gasteiger partial charge on any atom is 0.127 e. The van der Waals surface area contributed by atoms with E-state index in [2.05, 4.69) is 0 Å². The average molecular weight is 155 g/mol. The molecule has 2 N–H and O–H groups in total. The maximum absolute atomic E-state index is 12.8. The van der Waals surface area contributed by atoms with E-state index in [1.807, 2.05) is 12.4 Å². The van der Waals surface area contributed by atoms with Crippen molar-refractivity contribution in [2.45, 2.75) is 13.5 Å². The summed E-state index contributed by atoms with van der Waals surface area (Å²) in [5, 5.41) is 8.32. The third kappa shape index (κ3) is 2.00. The smallest absolute Gasteiger partial charge is 0.127 e. The summed E-state index contributed by atoms with van der Waals surface area (Å²) in [6, 6.07) is 4.77. The molecule has 0 heterocycles. The van der Waals surface area contributed by atoms with Gasteiger partial charge in [0.15, 0.2) is 0 Å². The van der Waals surface area contributed by atoms with Gasteiger partial charge in [0.2, 0.25) is 0 Å². The van der Waals surface area contributed by atoms with Crippen LogP contribution in [0.1, 0.15) is 11.1 Å². The summed E-state index contributed by atoms with van der Waals surface area (Å²) < 4.78 is 12.8. The van der Waals surface area contributed by atoms with Crippen LogP contribution in [-0.2, 0) is 6.54 Å². The van der Waals surface area contributed by atoms with Gasteiger partial charge in [-0.05, 0) is 13.0 Å². The molecule has 0 unspecified atom stereocenters. The summed E-state index contributed by atoms with van der Waals surface area (Å²) in [4.78, 5) is 0. The lowest BCUT2D eigenvalue weighted by Gasteiger charge is -2.01. The van der Waals surface area contributed by atoms with Gasteiger partial charge in [-0.3, -0.25) is 0 Å². The Balaban J connectivity index is 2.93. The zero-order chi connectivity index (χ0) is 8.27. The zero-order valence-corrected chi connectivity index (χ0v) is 6.26. The van der Waals surface area contributed by atoms with Gasteiger partial charge in [0.25, 0.3) is 0 Å². The molecule has 0 aliphatic rings. The maximum atomic E-state index is 12.8. The van der Waals surface area contributed by atoms with Crippen molar-refractivity contribution in [2.75, 3.05) is 0 Å². The summed E-state index contributed by atoms with van der Waals surface area (Å²) in [5.74, 6) is -0.294. The minimum atomic E-state index is -0.294. The molecule has 0 aliphatic heterocycles. The summed E-state index contributed by atoms with van der Waals surface area (Å²) in [7, 11) is 0. The number of halogens is 1. The molecule has 0 saturated heterocycles. The molecule has 0 spiro atoms. The molecule has 1 aromatic rings. The van der Waals surface area contributed by atoms with Crippen molar-refractivity contribution in [2.24, 2.45) is 0 Å². The van der Waals surface area contributed by atoms with E-state index in [1.54, 1.807) is 12.1 Å². The Hall–Kier alpha value is -0.930. The van der Waals surface area contributed by atoms with Crippen LogP contribution < -0.4 is 5.48 Å². The normalized spacial score (nSPS) is 10.1. The fourth-order valence-electron chi connectivity index (χ4n) is 0.924. The van der Waals surface area contributed by atoms with E-state index in [9.17, 15) is 4.39 Å². The van der Waals surface area contributed by atoms with Gasteiger partial charge < -0.3 is 5.21 Å². The molecule has 0 fully saturated rings. The second kappa shape index (κ2) is 3.46. The van der Waals surface area contributed by atoms with Crippen LogP contribution in [-0.4, -0.2) is 5.21 Å². The van der Waals surface area contributed by atoms with Crippen molar-refractivity contribution >= 4 is 0 Å². The Morgan fingerprint density at radius 3 is 2.91 bits per heavy atom. The summed E-state index contributed by atoms with van der Waals surface area (Å²) >= 11 is 0. The first-order valence-corrected chi connectivity index (χ1v) is 3.36. The lowest BCUT2D eigenvalue weighted by Crippen LogP contribution is -2.07. The van der Waals surface area contributed by atoms with E-state index in [0.717, 1.165) is 5.56 Å². The van der Waals surface area contributed by atoms with E-state index >= 15 is 0 Å². The third-order valence-electron chi connectivity index (χ3n) is 1.47. The first kappa shape index (κ1) is 8.17. The SMILES string of the molecule is Cc1ccc(F)c(CNO)c1. The van der Waals surface area contributed by atoms with Gasteiger partial charge in [-0.25, -0.2) is 9.87 Å². The van der Waals surface area contributed by atoms with Gasteiger partial charge in [-0.1, -0.05) is 17.7 Å². The Labute approximate surface area is 64.6 Å². The Morgan fingerprint density at radius 1 is 1.55 bits per heavy atom. The highest BCUT2D eigenvalue weighted by Crippen LogP contribution is 2.08. The van der Waals surface area contributed by atoms with Crippen LogP contribution in [0.4, 0.5) is 4.39 Å². The van der Waals surface area contributed by atoms with Crippen LogP contribution in [0, 0.1) is 12.7 Å². The molecule has 1 aromatic carbocycles. The number of nitrogens with one attached hydrogen (secondary N) is 1. The van der Waals surface area contributed by atoms with E-state index in [-0.39, 0.29) is 12.4 Å². The summed E-state index contributed by atoms with van der Waals surface area (Å²) in [6.07, 6.45) is 0. The molecule has 0 aromatic heterocycles. The van der Waals surface area contributed by atoms with Gasteiger partial charge in [0.1, 0.15) is 5.82 Å². The van der Waals surface area contributed by atoms with Gasteiger partial charge in [-0.2, -0.15) is 0 Å². The lowest BCUT2D eigenvalue weighted by atomic mass is 10.1. The van der Waals surface area contributed by atoms with Crippen LogP contribution in [0.25, 0.3) is 0 Å². The molecule has 0 bridgehead atoms. The minimum absolute atomic E-state index is 0.146. The van der Waals surface area contributed by atoms with Crippen LogP contribution in [0.15, 0.2) is 18.2 Å². The molecule has 1 rings (SSSR count). The molecule has 0 radical (unpaired) electrons. The van der Waals surface area contributed by atoms with Crippen molar-refractivity contribution in [1.82, 2.24) is 5.48 Å². The number of hydroxylamine groups is 1.